The Bertz CT molecular complexity index is 502. The predicted molar refractivity (Wildman–Crippen MR) is 78.2 cm³/mol. The molecule has 1 N–H and O–H groups in total. The van der Waals surface area contributed by atoms with Crippen molar-refractivity contribution in [2.75, 3.05) is 7.05 Å². The molecule has 0 radical (unpaired) electrons. The van der Waals surface area contributed by atoms with E-state index in [-0.39, 0.29) is 5.41 Å². The zero-order valence-corrected chi connectivity index (χ0v) is 12.2. The number of rotatable bonds is 4. The van der Waals surface area contributed by atoms with Crippen molar-refractivity contribution in [1.29, 1.82) is 0 Å². The SMILES string of the molecule is CNC(C)c1csc(C(C)(C)c2ccccc2)n1. The third-order valence-electron chi connectivity index (χ3n) is 3.43. The number of aromatic nitrogens is 1. The summed E-state index contributed by atoms with van der Waals surface area (Å²) in [6.07, 6.45) is 0. The lowest BCUT2D eigenvalue weighted by Gasteiger charge is -2.22. The second kappa shape index (κ2) is 5.21. The Labute approximate surface area is 113 Å². The van der Waals surface area contributed by atoms with Gasteiger partial charge in [0.1, 0.15) is 5.01 Å². The first kappa shape index (κ1) is 13.2. The highest BCUT2D eigenvalue weighted by atomic mass is 32.1. The van der Waals surface area contributed by atoms with Gasteiger partial charge in [-0.05, 0) is 33.4 Å². The van der Waals surface area contributed by atoms with E-state index in [2.05, 4.69) is 61.8 Å². The Morgan fingerprint density at radius 1 is 1.22 bits per heavy atom. The quantitative estimate of drug-likeness (QED) is 0.905. The molecule has 0 aliphatic rings. The number of hydrogen-bond acceptors (Lipinski definition) is 3. The maximum atomic E-state index is 4.79. The Balaban J connectivity index is 2.33. The fraction of sp³-hybridized carbons (Fsp3) is 0.400. The van der Waals surface area contributed by atoms with Crippen molar-refractivity contribution in [3.8, 4) is 0 Å². The summed E-state index contributed by atoms with van der Waals surface area (Å²) in [6.45, 7) is 6.60. The second-order valence-corrected chi connectivity index (χ2v) is 5.94. The molecule has 0 aliphatic heterocycles. The van der Waals surface area contributed by atoms with E-state index < -0.39 is 0 Å². The average molecular weight is 260 g/mol. The molecule has 1 unspecified atom stereocenters. The van der Waals surface area contributed by atoms with Crippen molar-refractivity contribution in [1.82, 2.24) is 10.3 Å². The van der Waals surface area contributed by atoms with Crippen LogP contribution in [0.3, 0.4) is 0 Å². The minimum absolute atomic E-state index is 0.0301. The normalized spacial score (nSPS) is 13.6. The van der Waals surface area contributed by atoms with Crippen molar-refractivity contribution in [3.05, 3.63) is 52.0 Å². The van der Waals surface area contributed by atoms with Crippen LogP contribution in [0.15, 0.2) is 35.7 Å². The zero-order valence-electron chi connectivity index (χ0n) is 11.4. The minimum Gasteiger partial charge on any atom is -0.312 e. The van der Waals surface area contributed by atoms with E-state index in [9.17, 15) is 0 Å². The van der Waals surface area contributed by atoms with Crippen LogP contribution in [0, 0.1) is 0 Å². The molecule has 0 saturated carbocycles. The van der Waals surface area contributed by atoms with E-state index in [1.54, 1.807) is 11.3 Å². The smallest absolute Gasteiger partial charge is 0.103 e. The van der Waals surface area contributed by atoms with Crippen molar-refractivity contribution >= 4 is 11.3 Å². The molecule has 0 aliphatic carbocycles. The van der Waals surface area contributed by atoms with Crippen molar-refractivity contribution in [2.24, 2.45) is 0 Å². The van der Waals surface area contributed by atoms with Crippen LogP contribution in [0.4, 0.5) is 0 Å². The molecule has 2 rings (SSSR count). The van der Waals surface area contributed by atoms with Crippen LogP contribution in [0.25, 0.3) is 0 Å². The highest BCUT2D eigenvalue weighted by Gasteiger charge is 2.26. The third kappa shape index (κ3) is 2.47. The topological polar surface area (TPSA) is 24.9 Å². The van der Waals surface area contributed by atoms with Gasteiger partial charge in [0.05, 0.1) is 5.69 Å². The Morgan fingerprint density at radius 3 is 2.50 bits per heavy atom. The maximum Gasteiger partial charge on any atom is 0.103 e. The third-order valence-corrected chi connectivity index (χ3v) is 4.61. The fourth-order valence-electron chi connectivity index (χ4n) is 1.90. The summed E-state index contributed by atoms with van der Waals surface area (Å²) in [5, 5.41) is 6.56. The van der Waals surface area contributed by atoms with Gasteiger partial charge >= 0.3 is 0 Å². The average Bonchev–Trinajstić information content (AvgIpc) is 2.89. The number of nitrogens with zero attached hydrogens (tertiary/aromatic N) is 1. The molecular weight excluding hydrogens is 240 g/mol. The lowest BCUT2D eigenvalue weighted by molar-refractivity contribution is 0.605. The van der Waals surface area contributed by atoms with E-state index in [1.807, 2.05) is 7.05 Å². The number of thiazole rings is 1. The Kier molecular flexibility index (Phi) is 3.83. The molecule has 0 bridgehead atoms. The first-order valence-corrected chi connectivity index (χ1v) is 7.12. The molecular formula is C15H20N2S. The molecule has 2 nitrogen and oxygen atoms in total. The Morgan fingerprint density at radius 2 is 1.89 bits per heavy atom. The van der Waals surface area contributed by atoms with Gasteiger partial charge in [-0.25, -0.2) is 4.98 Å². The molecule has 3 heteroatoms. The molecule has 1 aromatic heterocycles. The van der Waals surface area contributed by atoms with Gasteiger partial charge in [0.25, 0.3) is 0 Å². The molecule has 0 amide bonds. The van der Waals surface area contributed by atoms with Gasteiger partial charge in [-0.3, -0.25) is 0 Å². The lowest BCUT2D eigenvalue weighted by atomic mass is 9.85. The molecule has 1 atom stereocenters. The van der Waals surface area contributed by atoms with Crippen LogP contribution >= 0.6 is 11.3 Å². The minimum atomic E-state index is -0.0301. The first-order valence-electron chi connectivity index (χ1n) is 6.24. The summed E-state index contributed by atoms with van der Waals surface area (Å²) in [7, 11) is 1.96. The molecule has 1 heterocycles. The van der Waals surface area contributed by atoms with Crippen molar-refractivity contribution < 1.29 is 0 Å². The second-order valence-electron chi connectivity index (χ2n) is 5.08. The van der Waals surface area contributed by atoms with Gasteiger partial charge in [-0.2, -0.15) is 0 Å². The molecule has 96 valence electrons. The summed E-state index contributed by atoms with van der Waals surface area (Å²) < 4.78 is 0. The van der Waals surface area contributed by atoms with Crippen LogP contribution in [0.5, 0.6) is 0 Å². The summed E-state index contributed by atoms with van der Waals surface area (Å²) >= 11 is 1.74. The molecule has 0 saturated heterocycles. The van der Waals surface area contributed by atoms with Crippen LogP contribution in [-0.2, 0) is 5.41 Å². The summed E-state index contributed by atoms with van der Waals surface area (Å²) in [4.78, 5) is 4.79. The zero-order chi connectivity index (χ0) is 13.2. The molecule has 0 spiro atoms. The summed E-state index contributed by atoms with van der Waals surface area (Å²) in [5.74, 6) is 0. The van der Waals surface area contributed by atoms with Crippen LogP contribution < -0.4 is 5.32 Å². The Hall–Kier alpha value is -1.19. The van der Waals surface area contributed by atoms with Gasteiger partial charge in [0.15, 0.2) is 0 Å². The van der Waals surface area contributed by atoms with Crippen LogP contribution in [-0.4, -0.2) is 12.0 Å². The number of nitrogens with one attached hydrogen (secondary N) is 1. The number of hydrogen-bond donors (Lipinski definition) is 1. The fourth-order valence-corrected chi connectivity index (χ4v) is 2.96. The largest absolute Gasteiger partial charge is 0.312 e. The lowest BCUT2D eigenvalue weighted by Crippen LogP contribution is -2.19. The van der Waals surface area contributed by atoms with Gasteiger partial charge in [0, 0.05) is 16.8 Å². The van der Waals surface area contributed by atoms with Crippen molar-refractivity contribution in [2.45, 2.75) is 32.2 Å². The van der Waals surface area contributed by atoms with Gasteiger partial charge in [-0.15, -0.1) is 11.3 Å². The highest BCUT2D eigenvalue weighted by Crippen LogP contribution is 2.34. The highest BCUT2D eigenvalue weighted by molar-refractivity contribution is 7.09. The van der Waals surface area contributed by atoms with E-state index in [0.717, 1.165) is 5.69 Å². The standard InChI is InChI=1S/C15H20N2S/c1-11(16-4)13-10-18-14(17-13)15(2,3)12-8-6-5-7-9-12/h5-11,16H,1-4H3. The van der Waals surface area contributed by atoms with Gasteiger partial charge in [-0.1, -0.05) is 30.3 Å². The van der Waals surface area contributed by atoms with Crippen molar-refractivity contribution in [3.63, 3.8) is 0 Å². The van der Waals surface area contributed by atoms with Crippen LogP contribution in [0.1, 0.15) is 43.1 Å². The van der Waals surface area contributed by atoms with Gasteiger partial charge < -0.3 is 5.32 Å². The van der Waals surface area contributed by atoms with E-state index in [1.165, 1.54) is 10.6 Å². The monoisotopic (exact) mass is 260 g/mol. The van der Waals surface area contributed by atoms with Crippen LogP contribution in [0.2, 0.25) is 0 Å². The summed E-state index contributed by atoms with van der Waals surface area (Å²) in [5.41, 5.74) is 2.40. The predicted octanol–water partition coefficient (Wildman–Crippen LogP) is 3.75. The molecule has 1 aromatic carbocycles. The number of benzene rings is 1. The van der Waals surface area contributed by atoms with Gasteiger partial charge in [0.2, 0.25) is 0 Å². The van der Waals surface area contributed by atoms with E-state index in [0.29, 0.717) is 6.04 Å². The van der Waals surface area contributed by atoms with E-state index >= 15 is 0 Å². The molecule has 18 heavy (non-hydrogen) atoms. The van der Waals surface area contributed by atoms with E-state index in [4.69, 9.17) is 4.98 Å². The molecule has 0 fully saturated rings. The maximum absolute atomic E-state index is 4.79. The molecule has 2 aromatic rings. The first-order chi connectivity index (χ1) is 8.55. The summed E-state index contributed by atoms with van der Waals surface area (Å²) in [6, 6.07) is 10.9.